The van der Waals surface area contributed by atoms with E-state index in [1.165, 1.54) is 12.0 Å². The van der Waals surface area contributed by atoms with Crippen LogP contribution < -0.4 is 5.32 Å². The lowest BCUT2D eigenvalue weighted by Gasteiger charge is -2.26. The third-order valence-electron chi connectivity index (χ3n) is 5.98. The Kier molecular flexibility index (Phi) is 8.17. The molecule has 2 saturated heterocycles. The SMILES string of the molecule is CCNC(=NCC1CCOC1c1ccccc1)N1CCC(N2CC=CC2)C1.I. The van der Waals surface area contributed by atoms with Gasteiger partial charge in [0.15, 0.2) is 5.96 Å². The maximum Gasteiger partial charge on any atom is 0.193 e. The second-order valence-corrected chi connectivity index (χ2v) is 7.76. The first kappa shape index (κ1) is 21.6. The molecule has 4 rings (SSSR count). The zero-order valence-corrected chi connectivity index (χ0v) is 19.1. The summed E-state index contributed by atoms with van der Waals surface area (Å²) in [6, 6.07) is 11.3. The van der Waals surface area contributed by atoms with Gasteiger partial charge in [0.1, 0.15) is 0 Å². The fourth-order valence-electron chi connectivity index (χ4n) is 4.49. The van der Waals surface area contributed by atoms with Crippen molar-refractivity contribution in [3.63, 3.8) is 0 Å². The van der Waals surface area contributed by atoms with Gasteiger partial charge in [0, 0.05) is 57.8 Å². The van der Waals surface area contributed by atoms with Crippen molar-refractivity contribution in [1.29, 1.82) is 0 Å². The van der Waals surface area contributed by atoms with E-state index in [1.54, 1.807) is 0 Å². The van der Waals surface area contributed by atoms with Crippen molar-refractivity contribution in [2.75, 3.05) is 45.9 Å². The molecule has 5 nitrogen and oxygen atoms in total. The van der Waals surface area contributed by atoms with Crippen molar-refractivity contribution in [2.24, 2.45) is 10.9 Å². The largest absolute Gasteiger partial charge is 0.373 e. The Morgan fingerprint density at radius 3 is 2.71 bits per heavy atom. The van der Waals surface area contributed by atoms with E-state index in [4.69, 9.17) is 9.73 Å². The minimum atomic E-state index is 0. The van der Waals surface area contributed by atoms with Crippen LogP contribution in [0.5, 0.6) is 0 Å². The number of hydrogen-bond donors (Lipinski definition) is 1. The first-order chi connectivity index (χ1) is 13.3. The van der Waals surface area contributed by atoms with Gasteiger partial charge in [-0.25, -0.2) is 0 Å². The third-order valence-corrected chi connectivity index (χ3v) is 5.98. The van der Waals surface area contributed by atoms with Crippen LogP contribution in [-0.2, 0) is 4.74 Å². The van der Waals surface area contributed by atoms with Crippen molar-refractivity contribution in [1.82, 2.24) is 15.1 Å². The molecule has 3 unspecified atom stereocenters. The topological polar surface area (TPSA) is 40.1 Å². The van der Waals surface area contributed by atoms with Crippen LogP contribution in [0.25, 0.3) is 0 Å². The Balaban J connectivity index is 0.00000225. The minimum Gasteiger partial charge on any atom is -0.373 e. The molecule has 3 aliphatic heterocycles. The summed E-state index contributed by atoms with van der Waals surface area (Å²) in [5, 5.41) is 3.52. The number of nitrogens with zero attached hydrogens (tertiary/aromatic N) is 3. The van der Waals surface area contributed by atoms with Crippen LogP contribution in [0.4, 0.5) is 0 Å². The molecule has 0 radical (unpaired) electrons. The Hall–Kier alpha value is -1.12. The Morgan fingerprint density at radius 2 is 1.96 bits per heavy atom. The molecule has 0 bridgehead atoms. The number of nitrogens with one attached hydrogen (secondary N) is 1. The van der Waals surface area contributed by atoms with Crippen molar-refractivity contribution in [3.8, 4) is 0 Å². The molecule has 3 aliphatic rings. The van der Waals surface area contributed by atoms with Crippen LogP contribution in [0, 0.1) is 5.92 Å². The lowest BCUT2D eigenvalue weighted by molar-refractivity contribution is 0.0925. The number of rotatable bonds is 5. The summed E-state index contributed by atoms with van der Waals surface area (Å²) in [6.07, 6.45) is 7.06. The van der Waals surface area contributed by atoms with E-state index in [1.807, 2.05) is 0 Å². The molecule has 1 aromatic rings. The Morgan fingerprint density at radius 1 is 1.18 bits per heavy atom. The average Bonchev–Trinajstić information content (AvgIpc) is 3.47. The van der Waals surface area contributed by atoms with Crippen LogP contribution in [-0.4, -0.2) is 67.7 Å². The molecule has 154 valence electrons. The van der Waals surface area contributed by atoms with E-state index >= 15 is 0 Å². The zero-order chi connectivity index (χ0) is 18.5. The van der Waals surface area contributed by atoms with Gasteiger partial charge in [0.25, 0.3) is 0 Å². The summed E-state index contributed by atoms with van der Waals surface area (Å²) in [6.45, 7) is 9.10. The predicted octanol–water partition coefficient (Wildman–Crippen LogP) is 3.29. The lowest BCUT2D eigenvalue weighted by Crippen LogP contribution is -2.43. The molecular weight excluding hydrogens is 463 g/mol. The van der Waals surface area contributed by atoms with Crippen LogP contribution in [0.15, 0.2) is 47.5 Å². The van der Waals surface area contributed by atoms with Gasteiger partial charge >= 0.3 is 0 Å². The second-order valence-electron chi connectivity index (χ2n) is 7.76. The van der Waals surface area contributed by atoms with E-state index in [-0.39, 0.29) is 30.1 Å². The molecule has 0 saturated carbocycles. The Bertz CT molecular complexity index is 658. The molecule has 0 spiro atoms. The predicted molar refractivity (Wildman–Crippen MR) is 125 cm³/mol. The maximum atomic E-state index is 6.04. The van der Waals surface area contributed by atoms with Crippen LogP contribution in [0.2, 0.25) is 0 Å². The van der Waals surface area contributed by atoms with Crippen LogP contribution in [0.3, 0.4) is 0 Å². The van der Waals surface area contributed by atoms with Gasteiger partial charge in [-0.05, 0) is 25.3 Å². The molecular formula is C22H33IN4O. The highest BCUT2D eigenvalue weighted by atomic mass is 127. The van der Waals surface area contributed by atoms with Gasteiger partial charge in [-0.15, -0.1) is 24.0 Å². The van der Waals surface area contributed by atoms with E-state index in [9.17, 15) is 0 Å². The lowest BCUT2D eigenvalue weighted by atomic mass is 9.95. The van der Waals surface area contributed by atoms with E-state index < -0.39 is 0 Å². The highest BCUT2D eigenvalue weighted by molar-refractivity contribution is 14.0. The summed E-state index contributed by atoms with van der Waals surface area (Å²) >= 11 is 0. The highest BCUT2D eigenvalue weighted by Gasteiger charge is 2.31. The molecule has 1 N–H and O–H groups in total. The number of hydrogen-bond acceptors (Lipinski definition) is 3. The van der Waals surface area contributed by atoms with Gasteiger partial charge in [0.2, 0.25) is 0 Å². The first-order valence-electron chi connectivity index (χ1n) is 10.4. The van der Waals surface area contributed by atoms with Crippen molar-refractivity contribution >= 4 is 29.9 Å². The van der Waals surface area contributed by atoms with Gasteiger partial charge in [0.05, 0.1) is 6.10 Å². The second kappa shape index (κ2) is 10.6. The molecule has 3 heterocycles. The molecule has 3 atom stereocenters. The van der Waals surface area contributed by atoms with Gasteiger partial charge < -0.3 is 15.0 Å². The number of guanidine groups is 1. The van der Waals surface area contributed by atoms with Gasteiger partial charge in [-0.1, -0.05) is 42.5 Å². The fraction of sp³-hybridized carbons (Fsp3) is 0.591. The number of ether oxygens (including phenoxy) is 1. The molecule has 0 aliphatic carbocycles. The molecule has 0 aromatic heterocycles. The van der Waals surface area contributed by atoms with Crippen LogP contribution in [0.1, 0.15) is 31.4 Å². The van der Waals surface area contributed by atoms with Crippen molar-refractivity contribution < 1.29 is 4.74 Å². The maximum absolute atomic E-state index is 6.04. The van der Waals surface area contributed by atoms with E-state index in [2.05, 4.69) is 64.5 Å². The number of aliphatic imine (C=N–C) groups is 1. The van der Waals surface area contributed by atoms with Crippen LogP contribution >= 0.6 is 24.0 Å². The molecule has 1 aromatic carbocycles. The van der Waals surface area contributed by atoms with Gasteiger partial charge in [-0.3, -0.25) is 9.89 Å². The summed E-state index contributed by atoms with van der Waals surface area (Å²) in [5.41, 5.74) is 1.28. The van der Waals surface area contributed by atoms with Crippen molar-refractivity contribution in [2.45, 2.75) is 31.9 Å². The van der Waals surface area contributed by atoms with Gasteiger partial charge in [-0.2, -0.15) is 0 Å². The van der Waals surface area contributed by atoms with E-state index in [0.717, 1.165) is 58.3 Å². The minimum absolute atomic E-state index is 0. The first-order valence-corrected chi connectivity index (χ1v) is 10.4. The van der Waals surface area contributed by atoms with Crippen molar-refractivity contribution in [3.05, 3.63) is 48.0 Å². The molecule has 28 heavy (non-hydrogen) atoms. The number of benzene rings is 1. The Labute approximate surface area is 186 Å². The third kappa shape index (κ3) is 5.07. The normalized spacial score (nSPS) is 28.0. The average molecular weight is 496 g/mol. The standard InChI is InChI=1S/C22H32N4O.HI/c1-2-23-22(26-14-10-20(17-26)25-12-6-7-13-25)24-16-19-11-15-27-21(19)18-8-4-3-5-9-18;/h3-9,19-21H,2,10-17H2,1H3,(H,23,24);1H. The summed E-state index contributed by atoms with van der Waals surface area (Å²) in [7, 11) is 0. The number of halogens is 1. The molecule has 6 heteroatoms. The fourth-order valence-corrected chi connectivity index (χ4v) is 4.49. The quantitative estimate of drug-likeness (QED) is 0.294. The summed E-state index contributed by atoms with van der Waals surface area (Å²) in [4.78, 5) is 10.0. The summed E-state index contributed by atoms with van der Waals surface area (Å²) < 4.78 is 6.04. The molecule has 2 fully saturated rings. The van der Waals surface area contributed by atoms with E-state index in [0.29, 0.717) is 12.0 Å². The molecule has 0 amide bonds. The summed E-state index contributed by atoms with van der Waals surface area (Å²) in [5.74, 6) is 1.54. The number of likely N-dealkylation sites (tertiary alicyclic amines) is 1. The zero-order valence-electron chi connectivity index (χ0n) is 16.8. The smallest absolute Gasteiger partial charge is 0.193 e. The monoisotopic (exact) mass is 496 g/mol. The highest BCUT2D eigenvalue weighted by Crippen LogP contribution is 2.34.